The second kappa shape index (κ2) is 6.23. The number of rotatable bonds is 2. The molecular formula is C16H29IN4. The van der Waals surface area contributed by atoms with Gasteiger partial charge in [-0.2, -0.15) is 0 Å². The quantitative estimate of drug-likeness (QED) is 0.509. The average molecular weight is 404 g/mol. The maximum atomic E-state index is 2.82. The Labute approximate surface area is 143 Å². The summed E-state index contributed by atoms with van der Waals surface area (Å²) >= 11 is 2.49. The van der Waals surface area contributed by atoms with Crippen LogP contribution in [0.25, 0.3) is 0 Å². The summed E-state index contributed by atoms with van der Waals surface area (Å²) in [6.45, 7) is 10.5. The molecule has 3 heterocycles. The summed E-state index contributed by atoms with van der Waals surface area (Å²) in [4.78, 5) is 8.13. The lowest BCUT2D eigenvalue weighted by Crippen LogP contribution is -2.53. The fraction of sp³-hybridized carbons (Fsp3) is 1.00. The van der Waals surface area contributed by atoms with Crippen LogP contribution in [0.2, 0.25) is 0 Å². The molecule has 3 saturated heterocycles. The molecule has 0 bridgehead atoms. The summed E-state index contributed by atoms with van der Waals surface area (Å²) in [6, 6.07) is 1.74. The van der Waals surface area contributed by atoms with E-state index < -0.39 is 0 Å². The number of hydrogen-bond donors (Lipinski definition) is 0. The minimum Gasteiger partial charge on any atom is -0.306 e. The van der Waals surface area contributed by atoms with E-state index >= 15 is 0 Å². The van der Waals surface area contributed by atoms with E-state index in [4.69, 9.17) is 0 Å². The van der Waals surface area contributed by atoms with E-state index in [-0.39, 0.29) is 0 Å². The molecule has 0 N–H and O–H groups in total. The third-order valence-electron chi connectivity index (χ3n) is 6.40. The Balaban J connectivity index is 1.26. The van der Waals surface area contributed by atoms with Crippen LogP contribution < -0.4 is 0 Å². The highest BCUT2D eigenvalue weighted by molar-refractivity contribution is 14.1. The fourth-order valence-electron chi connectivity index (χ4n) is 5.27. The number of likely N-dealkylation sites (tertiary alicyclic amines) is 1. The van der Waals surface area contributed by atoms with Gasteiger partial charge in [0.15, 0.2) is 0 Å². The Morgan fingerprint density at radius 3 is 1.86 bits per heavy atom. The first kappa shape index (κ1) is 15.1. The summed E-state index contributed by atoms with van der Waals surface area (Å²) in [5.41, 5.74) is 0. The molecular weight excluding hydrogens is 375 g/mol. The molecule has 4 nitrogen and oxygen atoms in total. The smallest absolute Gasteiger partial charge is 0.0244 e. The van der Waals surface area contributed by atoms with Crippen LogP contribution in [0.15, 0.2) is 0 Å². The maximum Gasteiger partial charge on any atom is 0.0244 e. The number of fused-ring (bicyclic) bond motifs is 1. The molecule has 5 heteroatoms. The van der Waals surface area contributed by atoms with Crippen LogP contribution in [0.4, 0.5) is 0 Å². The summed E-state index contributed by atoms with van der Waals surface area (Å²) in [5, 5.41) is 0. The number of hydrogen-bond acceptors (Lipinski definition) is 4. The number of piperazine rings is 1. The third-order valence-corrected chi connectivity index (χ3v) is 7.28. The van der Waals surface area contributed by atoms with Crippen LogP contribution in [-0.2, 0) is 0 Å². The normalized spacial score (nSPS) is 43.7. The van der Waals surface area contributed by atoms with Crippen LogP contribution in [-0.4, -0.2) is 89.3 Å². The molecule has 0 aromatic heterocycles. The third kappa shape index (κ3) is 3.13. The van der Waals surface area contributed by atoms with E-state index in [9.17, 15) is 0 Å². The Hall–Kier alpha value is 0.570. The predicted octanol–water partition coefficient (Wildman–Crippen LogP) is 1.37. The van der Waals surface area contributed by atoms with Crippen molar-refractivity contribution in [3.05, 3.63) is 0 Å². The molecule has 4 fully saturated rings. The van der Waals surface area contributed by atoms with Gasteiger partial charge in [0.2, 0.25) is 0 Å². The number of halogens is 1. The van der Waals surface area contributed by atoms with E-state index in [1.54, 1.807) is 0 Å². The van der Waals surface area contributed by atoms with Gasteiger partial charge < -0.3 is 4.90 Å². The summed E-state index contributed by atoms with van der Waals surface area (Å²) in [5.74, 6) is 2.00. The van der Waals surface area contributed by atoms with Gasteiger partial charge in [0.25, 0.3) is 0 Å². The van der Waals surface area contributed by atoms with Gasteiger partial charge in [-0.25, -0.2) is 3.11 Å². The topological polar surface area (TPSA) is 13.0 Å². The Morgan fingerprint density at radius 2 is 1.33 bits per heavy atom. The maximum absolute atomic E-state index is 2.82. The van der Waals surface area contributed by atoms with Gasteiger partial charge in [-0.3, -0.25) is 9.80 Å². The summed E-state index contributed by atoms with van der Waals surface area (Å²) in [7, 11) is 2.30. The molecule has 0 radical (unpaired) electrons. The van der Waals surface area contributed by atoms with Crippen molar-refractivity contribution in [1.82, 2.24) is 17.8 Å². The van der Waals surface area contributed by atoms with Crippen molar-refractivity contribution in [3.63, 3.8) is 0 Å². The predicted molar refractivity (Wildman–Crippen MR) is 94.6 cm³/mol. The first-order valence-electron chi connectivity index (χ1n) is 8.76. The van der Waals surface area contributed by atoms with Crippen molar-refractivity contribution in [3.8, 4) is 0 Å². The van der Waals surface area contributed by atoms with Crippen LogP contribution in [0.3, 0.4) is 0 Å². The lowest BCUT2D eigenvalue weighted by atomic mass is 10.0. The van der Waals surface area contributed by atoms with Gasteiger partial charge >= 0.3 is 0 Å². The average Bonchev–Trinajstić information content (AvgIpc) is 3.13. The molecule has 3 aliphatic heterocycles. The minimum atomic E-state index is 0.834. The van der Waals surface area contributed by atoms with Crippen LogP contribution in [0.5, 0.6) is 0 Å². The van der Waals surface area contributed by atoms with E-state index in [1.165, 1.54) is 71.6 Å². The van der Waals surface area contributed by atoms with Crippen molar-refractivity contribution in [1.29, 1.82) is 0 Å². The molecule has 0 spiro atoms. The Morgan fingerprint density at radius 1 is 0.762 bits per heavy atom. The van der Waals surface area contributed by atoms with Crippen LogP contribution in [0.1, 0.15) is 19.3 Å². The molecule has 4 rings (SSSR count). The highest BCUT2D eigenvalue weighted by Gasteiger charge is 2.42. The molecule has 21 heavy (non-hydrogen) atoms. The van der Waals surface area contributed by atoms with Crippen LogP contribution >= 0.6 is 22.9 Å². The standard InChI is InChI=1S/C16H29IN4/c1-18-10-13-8-16(9-14(13)11-18)20-6-4-19(5-7-20)15-2-3-21(17)12-15/h13-16H,2-12H2,1H3. The first-order valence-corrected chi connectivity index (χ1v) is 9.73. The van der Waals surface area contributed by atoms with Crippen molar-refractivity contribution >= 4 is 22.9 Å². The Bertz CT molecular complexity index is 357. The van der Waals surface area contributed by atoms with Crippen molar-refractivity contribution in [2.24, 2.45) is 11.8 Å². The zero-order chi connectivity index (χ0) is 14.4. The van der Waals surface area contributed by atoms with Gasteiger partial charge in [-0.05, 0) is 38.1 Å². The minimum absolute atomic E-state index is 0.834. The lowest BCUT2D eigenvalue weighted by Gasteiger charge is -2.40. The molecule has 1 aliphatic carbocycles. The second-order valence-corrected chi connectivity index (χ2v) is 9.11. The van der Waals surface area contributed by atoms with Gasteiger partial charge in [0.05, 0.1) is 0 Å². The van der Waals surface area contributed by atoms with Crippen molar-refractivity contribution < 1.29 is 0 Å². The van der Waals surface area contributed by atoms with Gasteiger partial charge in [0, 0.05) is 87.3 Å². The molecule has 0 amide bonds. The van der Waals surface area contributed by atoms with Crippen LogP contribution in [0, 0.1) is 11.8 Å². The van der Waals surface area contributed by atoms with Gasteiger partial charge in [-0.1, -0.05) is 0 Å². The zero-order valence-corrected chi connectivity index (χ0v) is 15.4. The highest BCUT2D eigenvalue weighted by Crippen LogP contribution is 2.40. The lowest BCUT2D eigenvalue weighted by molar-refractivity contribution is 0.0709. The molecule has 120 valence electrons. The fourth-order valence-corrected chi connectivity index (χ4v) is 6.00. The molecule has 1 saturated carbocycles. The zero-order valence-electron chi connectivity index (χ0n) is 13.3. The molecule has 3 atom stereocenters. The molecule has 3 unspecified atom stereocenters. The van der Waals surface area contributed by atoms with E-state index in [2.05, 4.69) is 47.7 Å². The number of nitrogens with zero attached hydrogens (tertiary/aromatic N) is 4. The second-order valence-electron chi connectivity index (χ2n) is 7.75. The first-order chi connectivity index (χ1) is 10.2. The van der Waals surface area contributed by atoms with E-state index in [0.717, 1.165) is 23.9 Å². The molecule has 0 aromatic rings. The van der Waals surface area contributed by atoms with Gasteiger partial charge in [-0.15, -0.1) is 0 Å². The highest BCUT2D eigenvalue weighted by atomic mass is 127. The van der Waals surface area contributed by atoms with E-state index in [0.29, 0.717) is 0 Å². The van der Waals surface area contributed by atoms with Crippen molar-refractivity contribution in [2.75, 3.05) is 59.4 Å². The monoisotopic (exact) mass is 404 g/mol. The molecule has 4 aliphatic rings. The largest absolute Gasteiger partial charge is 0.306 e. The van der Waals surface area contributed by atoms with Gasteiger partial charge in [0.1, 0.15) is 0 Å². The Kier molecular flexibility index (Phi) is 4.48. The molecule has 0 aromatic carbocycles. The SMILES string of the molecule is CN1CC2CC(N3CCN(C4CCN(I)C4)CC3)CC2C1. The summed E-state index contributed by atoms with van der Waals surface area (Å²) in [6.07, 6.45) is 4.32. The summed E-state index contributed by atoms with van der Waals surface area (Å²) < 4.78 is 2.46. The van der Waals surface area contributed by atoms with Crippen molar-refractivity contribution in [2.45, 2.75) is 31.3 Å². The van der Waals surface area contributed by atoms with E-state index in [1.807, 2.05) is 0 Å².